The van der Waals surface area contributed by atoms with Gasteiger partial charge in [0.05, 0.1) is 40.3 Å². The smallest absolute Gasteiger partial charge is 0.347 e. The molecule has 8 bridgehead atoms. The zero-order chi connectivity index (χ0) is 52.9. The molecule has 2 heterocycles. The molecule has 71 heavy (non-hydrogen) atoms. The molecule has 2 aliphatic heterocycles. The summed E-state index contributed by atoms with van der Waals surface area (Å²) in [5.74, 6) is 5.10. The molecule has 10 rings (SSSR count). The third-order valence-corrected chi connectivity index (χ3v) is 19.9. The predicted octanol–water partition coefficient (Wildman–Crippen LogP) is 11.2. The summed E-state index contributed by atoms with van der Waals surface area (Å²) >= 11 is 0. The lowest BCUT2D eigenvalue weighted by Crippen LogP contribution is -2.61. The van der Waals surface area contributed by atoms with Crippen molar-refractivity contribution in [1.29, 1.82) is 0 Å². The minimum Gasteiger partial charge on any atom is -0.463 e. The number of carbonyl (C=O) groups excluding carboxylic acids is 6. The van der Waals surface area contributed by atoms with Gasteiger partial charge in [0, 0.05) is 18.8 Å². The third-order valence-electron chi connectivity index (χ3n) is 19.9. The molecular weight excluding hydrogens is 905 g/mol. The molecule has 0 aromatic rings. The van der Waals surface area contributed by atoms with E-state index in [0.717, 1.165) is 81.0 Å². The van der Waals surface area contributed by atoms with Crippen LogP contribution in [0.3, 0.4) is 0 Å². The van der Waals surface area contributed by atoms with Crippen LogP contribution in [0.4, 0.5) is 0 Å². The van der Waals surface area contributed by atoms with Gasteiger partial charge >= 0.3 is 35.8 Å². The molecule has 12 unspecified atom stereocenters. The number of ether oxygens (including phenoxy) is 6. The van der Waals surface area contributed by atoms with Crippen molar-refractivity contribution in [2.45, 2.75) is 254 Å². The van der Waals surface area contributed by atoms with Crippen LogP contribution in [0.1, 0.15) is 219 Å². The molecular formula is C58H94O13. The molecule has 404 valence electrons. The van der Waals surface area contributed by atoms with Gasteiger partial charge in [0.1, 0.15) is 17.3 Å². The number of fused-ring (bicyclic) bond motifs is 9. The van der Waals surface area contributed by atoms with E-state index in [1.807, 2.05) is 62.3 Å². The van der Waals surface area contributed by atoms with E-state index in [0.29, 0.717) is 50.0 Å². The largest absolute Gasteiger partial charge is 0.463 e. The second-order valence-electron chi connectivity index (χ2n) is 26.7. The Morgan fingerprint density at radius 1 is 0.634 bits per heavy atom. The van der Waals surface area contributed by atoms with Gasteiger partial charge in [-0.05, 0) is 207 Å². The van der Waals surface area contributed by atoms with Crippen LogP contribution in [0.2, 0.25) is 0 Å². The SMILES string of the molecule is CCC(C)(C)C(=O)OC1(C)CC(=O)OC1C.CCC(C)(C)C(=O)OC1(CC)CC2CC1C1C3CCC(C3)C21.CCC(C)(C)C(=O)OC12CC3CC(CC(O)(C3)C1)C2.CCC(C)(C)C(=O)OC1CCOC1=O. The van der Waals surface area contributed by atoms with Crippen LogP contribution in [-0.2, 0) is 57.2 Å². The number of esters is 6. The first-order valence-corrected chi connectivity index (χ1v) is 27.9. The highest BCUT2D eigenvalue weighted by Gasteiger charge is 2.68. The van der Waals surface area contributed by atoms with Gasteiger partial charge in [-0.1, -0.05) is 34.6 Å². The number of aliphatic hydroxyl groups is 1. The van der Waals surface area contributed by atoms with E-state index in [1.54, 1.807) is 27.7 Å². The summed E-state index contributed by atoms with van der Waals surface area (Å²) in [7, 11) is 0. The van der Waals surface area contributed by atoms with Crippen LogP contribution < -0.4 is 0 Å². The van der Waals surface area contributed by atoms with Crippen molar-refractivity contribution in [1.82, 2.24) is 0 Å². The zero-order valence-corrected chi connectivity index (χ0v) is 46.6. The third kappa shape index (κ3) is 11.9. The van der Waals surface area contributed by atoms with E-state index in [9.17, 15) is 33.9 Å². The number of hydrogen-bond acceptors (Lipinski definition) is 13. The average molecular weight is 999 g/mol. The topological polar surface area (TPSA) is 178 Å². The first-order valence-electron chi connectivity index (χ1n) is 27.9. The van der Waals surface area contributed by atoms with Crippen molar-refractivity contribution < 1.29 is 62.3 Å². The van der Waals surface area contributed by atoms with Crippen molar-refractivity contribution in [3.05, 3.63) is 0 Å². The molecule has 0 radical (unpaired) electrons. The van der Waals surface area contributed by atoms with Crippen LogP contribution >= 0.6 is 0 Å². The van der Waals surface area contributed by atoms with E-state index in [-0.39, 0.29) is 59.0 Å². The fourth-order valence-electron chi connectivity index (χ4n) is 13.9. The van der Waals surface area contributed by atoms with Crippen LogP contribution in [0.25, 0.3) is 0 Å². The molecule has 10 aliphatic rings. The summed E-state index contributed by atoms with van der Waals surface area (Å²) in [6.45, 7) is 29.3. The second-order valence-corrected chi connectivity index (χ2v) is 26.7. The maximum Gasteiger partial charge on any atom is 0.347 e. The van der Waals surface area contributed by atoms with Crippen molar-refractivity contribution >= 4 is 35.8 Å². The number of carbonyl (C=O) groups is 6. The normalized spacial score (nSPS) is 38.1. The van der Waals surface area contributed by atoms with Crippen LogP contribution in [0.5, 0.6) is 0 Å². The fraction of sp³-hybridized carbons (Fsp3) is 0.897. The maximum atomic E-state index is 12.7. The summed E-state index contributed by atoms with van der Waals surface area (Å²) < 4.78 is 32.5. The lowest BCUT2D eigenvalue weighted by Gasteiger charge is -2.59. The molecule has 13 nitrogen and oxygen atoms in total. The first-order chi connectivity index (χ1) is 32.9. The quantitative estimate of drug-likeness (QED) is 0.105. The van der Waals surface area contributed by atoms with Crippen LogP contribution in [0, 0.1) is 69.0 Å². The average Bonchev–Trinajstić information content (AvgIpc) is 4.16. The van der Waals surface area contributed by atoms with Crippen LogP contribution in [0.15, 0.2) is 0 Å². The molecule has 2 saturated heterocycles. The summed E-state index contributed by atoms with van der Waals surface area (Å²) in [6, 6.07) is 0. The van der Waals surface area contributed by atoms with Gasteiger partial charge < -0.3 is 33.5 Å². The Hall–Kier alpha value is -3.22. The van der Waals surface area contributed by atoms with Gasteiger partial charge in [-0.15, -0.1) is 0 Å². The fourth-order valence-corrected chi connectivity index (χ4v) is 13.9. The van der Waals surface area contributed by atoms with E-state index in [1.165, 1.54) is 32.1 Å². The molecule has 0 aromatic heterocycles. The Morgan fingerprint density at radius 2 is 1.14 bits per heavy atom. The predicted molar refractivity (Wildman–Crippen MR) is 268 cm³/mol. The van der Waals surface area contributed by atoms with Gasteiger partial charge in [0.25, 0.3) is 0 Å². The monoisotopic (exact) mass is 999 g/mol. The number of hydrogen-bond donors (Lipinski definition) is 1. The molecule has 8 saturated carbocycles. The van der Waals surface area contributed by atoms with E-state index >= 15 is 0 Å². The Balaban J connectivity index is 0.000000157. The lowest BCUT2D eigenvalue weighted by atomic mass is 9.52. The highest BCUT2D eigenvalue weighted by molar-refractivity contribution is 5.83. The Morgan fingerprint density at radius 3 is 1.61 bits per heavy atom. The molecule has 12 atom stereocenters. The van der Waals surface area contributed by atoms with E-state index in [2.05, 4.69) is 13.8 Å². The molecule has 10 fully saturated rings. The summed E-state index contributed by atoms with van der Waals surface area (Å²) in [6.07, 6.45) is 16.2. The Labute approximate surface area is 426 Å². The molecule has 0 amide bonds. The van der Waals surface area contributed by atoms with Gasteiger partial charge in [0.15, 0.2) is 5.60 Å². The van der Waals surface area contributed by atoms with Crippen molar-refractivity contribution in [2.75, 3.05) is 6.61 Å². The summed E-state index contributed by atoms with van der Waals surface area (Å²) in [5.41, 5.74) is -3.65. The molecule has 13 heteroatoms. The Kier molecular flexibility index (Phi) is 16.7. The molecule has 8 aliphatic carbocycles. The highest BCUT2D eigenvalue weighted by Crippen LogP contribution is 2.71. The van der Waals surface area contributed by atoms with Crippen molar-refractivity contribution in [3.8, 4) is 0 Å². The molecule has 0 aromatic carbocycles. The minimum atomic E-state index is -0.819. The van der Waals surface area contributed by atoms with Crippen LogP contribution in [-0.4, -0.2) is 82.1 Å². The number of rotatable bonds is 13. The number of cyclic esters (lactones) is 2. The Bertz CT molecular complexity index is 1970. The van der Waals surface area contributed by atoms with Gasteiger partial charge in [0.2, 0.25) is 6.10 Å². The van der Waals surface area contributed by atoms with Gasteiger partial charge in [-0.25, -0.2) is 4.79 Å². The highest BCUT2D eigenvalue weighted by atomic mass is 16.6. The maximum absolute atomic E-state index is 12.7. The second kappa shape index (κ2) is 20.8. The summed E-state index contributed by atoms with van der Waals surface area (Å²) in [4.78, 5) is 70.8. The van der Waals surface area contributed by atoms with Crippen molar-refractivity contribution in [3.63, 3.8) is 0 Å². The van der Waals surface area contributed by atoms with E-state index < -0.39 is 39.5 Å². The molecule has 0 spiro atoms. The van der Waals surface area contributed by atoms with E-state index in [4.69, 9.17) is 28.4 Å². The zero-order valence-electron chi connectivity index (χ0n) is 46.6. The van der Waals surface area contributed by atoms with Gasteiger partial charge in [-0.3, -0.25) is 24.0 Å². The van der Waals surface area contributed by atoms with Crippen molar-refractivity contribution in [2.24, 2.45) is 69.0 Å². The molecule has 1 N–H and O–H groups in total. The minimum absolute atomic E-state index is 0.0455. The lowest BCUT2D eigenvalue weighted by molar-refractivity contribution is -0.225. The summed E-state index contributed by atoms with van der Waals surface area (Å²) in [5, 5.41) is 10.6. The standard InChI is InChI=1S/C20H32O2.C16H26O3.C12H20O4.C10H16O4/c1-5-19(3,4)18(21)22-20(6-2)11-14-10-15(20)17-13-8-7-12(9-13)16(14)17;1-4-14(2,3)13(17)19-16-8-11-5-12(9-16)7-15(18,6-11)10-16;1-6-11(3,4)10(14)16-12(5)7-9(13)15-8(12)2;1-4-10(2,3)9(12)14-7-5-6-13-8(7)11/h12-17H,5-11H2,1-4H3;11-12,18H,4-10H2,1-3H3;8H,6-7H2,1-5H3;7H,4-6H2,1-3H3. The first kappa shape index (κ1) is 57.1. The van der Waals surface area contributed by atoms with Gasteiger partial charge in [-0.2, -0.15) is 0 Å².